The summed E-state index contributed by atoms with van der Waals surface area (Å²) in [6.07, 6.45) is 2.73. The molecule has 19 heavy (non-hydrogen) atoms. The van der Waals surface area contributed by atoms with Gasteiger partial charge in [-0.1, -0.05) is 6.42 Å². The van der Waals surface area contributed by atoms with Gasteiger partial charge in [0.25, 0.3) is 0 Å². The molecule has 2 atom stereocenters. The smallest absolute Gasteiger partial charge is 0.306 e. The first kappa shape index (κ1) is 14.0. The summed E-state index contributed by atoms with van der Waals surface area (Å²) in [5.74, 6) is -1.37. The van der Waals surface area contributed by atoms with E-state index < -0.39 is 5.97 Å². The highest BCUT2D eigenvalue weighted by molar-refractivity contribution is 7.09. The average molecular weight is 282 g/mol. The van der Waals surface area contributed by atoms with E-state index in [4.69, 9.17) is 5.11 Å². The number of aliphatic carboxylic acids is 1. The lowest BCUT2D eigenvalue weighted by molar-refractivity contribution is -0.144. The zero-order valence-electron chi connectivity index (χ0n) is 10.9. The largest absolute Gasteiger partial charge is 0.481 e. The van der Waals surface area contributed by atoms with Crippen LogP contribution in [0, 0.1) is 18.8 Å². The van der Waals surface area contributed by atoms with Gasteiger partial charge in [0.15, 0.2) is 0 Å². The maximum atomic E-state index is 12.0. The van der Waals surface area contributed by atoms with Crippen molar-refractivity contribution in [3.8, 4) is 0 Å². The van der Waals surface area contributed by atoms with Crippen LogP contribution < -0.4 is 5.32 Å². The van der Waals surface area contributed by atoms with E-state index in [2.05, 4.69) is 10.3 Å². The van der Waals surface area contributed by atoms with Gasteiger partial charge in [-0.2, -0.15) is 0 Å². The Bertz CT molecular complexity index is 472. The molecule has 1 aromatic rings. The lowest BCUT2D eigenvalue weighted by Gasteiger charge is -2.25. The van der Waals surface area contributed by atoms with Crippen molar-refractivity contribution in [1.82, 2.24) is 10.3 Å². The van der Waals surface area contributed by atoms with E-state index in [0.29, 0.717) is 19.4 Å². The van der Waals surface area contributed by atoms with E-state index in [0.717, 1.165) is 23.5 Å². The number of rotatable bonds is 4. The summed E-state index contributed by atoms with van der Waals surface area (Å²) in [6.45, 7) is 2.35. The van der Waals surface area contributed by atoms with Crippen LogP contribution in [-0.4, -0.2) is 22.0 Å². The van der Waals surface area contributed by atoms with Crippen LogP contribution >= 0.6 is 11.3 Å². The highest BCUT2D eigenvalue weighted by Crippen LogP contribution is 2.29. The minimum absolute atomic E-state index is 0.0448. The summed E-state index contributed by atoms with van der Waals surface area (Å²) >= 11 is 1.56. The zero-order chi connectivity index (χ0) is 13.8. The fourth-order valence-electron chi connectivity index (χ4n) is 2.46. The summed E-state index contributed by atoms with van der Waals surface area (Å²) in [5, 5.41) is 14.8. The van der Waals surface area contributed by atoms with Crippen LogP contribution in [0.3, 0.4) is 0 Å². The van der Waals surface area contributed by atoms with Crippen molar-refractivity contribution in [2.24, 2.45) is 11.8 Å². The SMILES string of the molecule is Cc1nc(CNC(=O)C2CCCC(C(=O)O)C2)cs1. The number of amides is 1. The van der Waals surface area contributed by atoms with Gasteiger partial charge in [0.05, 0.1) is 23.2 Å². The van der Waals surface area contributed by atoms with Crippen molar-refractivity contribution >= 4 is 23.2 Å². The highest BCUT2D eigenvalue weighted by atomic mass is 32.1. The van der Waals surface area contributed by atoms with Gasteiger partial charge in [0.1, 0.15) is 0 Å². The summed E-state index contributed by atoms with van der Waals surface area (Å²) in [5.41, 5.74) is 0.862. The number of thiazole rings is 1. The Hall–Kier alpha value is -1.43. The number of carboxylic acids is 1. The number of carbonyl (C=O) groups is 2. The molecule has 0 aromatic carbocycles. The summed E-state index contributed by atoms with van der Waals surface area (Å²) in [4.78, 5) is 27.3. The van der Waals surface area contributed by atoms with Crippen LogP contribution in [0.25, 0.3) is 0 Å². The molecule has 0 spiro atoms. The van der Waals surface area contributed by atoms with Gasteiger partial charge in [0, 0.05) is 11.3 Å². The molecule has 1 aliphatic carbocycles. The van der Waals surface area contributed by atoms with Crippen LogP contribution in [0.1, 0.15) is 36.4 Å². The molecule has 2 unspecified atom stereocenters. The first-order chi connectivity index (χ1) is 9.06. The van der Waals surface area contributed by atoms with Crippen molar-refractivity contribution < 1.29 is 14.7 Å². The van der Waals surface area contributed by atoms with E-state index in [-0.39, 0.29) is 17.7 Å². The van der Waals surface area contributed by atoms with Crippen LogP contribution in [0.5, 0.6) is 0 Å². The molecule has 1 saturated carbocycles. The number of carbonyl (C=O) groups excluding carboxylic acids is 1. The quantitative estimate of drug-likeness (QED) is 0.884. The summed E-state index contributed by atoms with van der Waals surface area (Å²) in [7, 11) is 0. The number of nitrogens with one attached hydrogen (secondary N) is 1. The first-order valence-electron chi connectivity index (χ1n) is 6.48. The lowest BCUT2D eigenvalue weighted by Crippen LogP contribution is -2.35. The predicted octanol–water partition coefficient (Wildman–Crippen LogP) is 1.96. The Balaban J connectivity index is 1.84. The Kier molecular flexibility index (Phi) is 4.52. The summed E-state index contributed by atoms with van der Waals surface area (Å²) < 4.78 is 0. The van der Waals surface area contributed by atoms with Crippen molar-refractivity contribution in [3.63, 3.8) is 0 Å². The molecule has 1 aromatic heterocycles. The molecule has 1 heterocycles. The molecular weight excluding hydrogens is 264 g/mol. The normalized spacial score (nSPS) is 23.0. The molecule has 104 valence electrons. The average Bonchev–Trinajstić information content (AvgIpc) is 2.82. The molecule has 2 rings (SSSR count). The molecule has 1 amide bonds. The van der Waals surface area contributed by atoms with Gasteiger partial charge >= 0.3 is 5.97 Å². The third-order valence-electron chi connectivity index (χ3n) is 3.50. The molecule has 0 radical (unpaired) electrons. The maximum Gasteiger partial charge on any atom is 0.306 e. The Labute approximate surface area is 116 Å². The standard InChI is InChI=1S/C13H18N2O3S/c1-8-15-11(7-19-8)6-14-12(16)9-3-2-4-10(5-9)13(17)18/h7,9-10H,2-6H2,1H3,(H,14,16)(H,17,18). The van der Waals surface area contributed by atoms with Gasteiger partial charge in [0.2, 0.25) is 5.91 Å². The van der Waals surface area contributed by atoms with Crippen LogP contribution in [0.2, 0.25) is 0 Å². The molecule has 1 aliphatic rings. The second-order valence-corrected chi connectivity index (χ2v) is 6.04. The van der Waals surface area contributed by atoms with E-state index in [1.807, 2.05) is 12.3 Å². The first-order valence-corrected chi connectivity index (χ1v) is 7.35. The van der Waals surface area contributed by atoms with Crippen LogP contribution in [0.15, 0.2) is 5.38 Å². The third kappa shape index (κ3) is 3.76. The zero-order valence-corrected chi connectivity index (χ0v) is 11.7. The fraction of sp³-hybridized carbons (Fsp3) is 0.615. The van der Waals surface area contributed by atoms with Crippen LogP contribution in [0.4, 0.5) is 0 Å². The topological polar surface area (TPSA) is 79.3 Å². The fourth-order valence-corrected chi connectivity index (χ4v) is 3.08. The van der Waals surface area contributed by atoms with Crippen molar-refractivity contribution in [2.75, 3.05) is 0 Å². The van der Waals surface area contributed by atoms with Gasteiger partial charge < -0.3 is 10.4 Å². The Morgan fingerprint density at radius 3 is 2.84 bits per heavy atom. The van der Waals surface area contributed by atoms with Gasteiger partial charge in [-0.05, 0) is 26.2 Å². The van der Waals surface area contributed by atoms with Crippen LogP contribution in [-0.2, 0) is 16.1 Å². The highest BCUT2D eigenvalue weighted by Gasteiger charge is 2.30. The number of carboxylic acid groups (broad SMARTS) is 1. The second-order valence-electron chi connectivity index (χ2n) is 4.97. The summed E-state index contributed by atoms with van der Waals surface area (Å²) in [6, 6.07) is 0. The molecule has 1 fully saturated rings. The Morgan fingerprint density at radius 1 is 1.47 bits per heavy atom. The van der Waals surface area contributed by atoms with Gasteiger partial charge in [-0.25, -0.2) is 4.98 Å². The second kappa shape index (κ2) is 6.14. The van der Waals surface area contributed by atoms with Gasteiger partial charge in [-0.3, -0.25) is 9.59 Å². The molecule has 0 bridgehead atoms. The van der Waals surface area contributed by atoms with Gasteiger partial charge in [-0.15, -0.1) is 11.3 Å². The third-order valence-corrected chi connectivity index (χ3v) is 4.33. The van der Waals surface area contributed by atoms with E-state index in [1.54, 1.807) is 11.3 Å². The van der Waals surface area contributed by atoms with E-state index in [9.17, 15) is 9.59 Å². The lowest BCUT2D eigenvalue weighted by atomic mass is 9.81. The number of aromatic nitrogens is 1. The van der Waals surface area contributed by atoms with Crippen molar-refractivity contribution in [3.05, 3.63) is 16.1 Å². The molecule has 5 nitrogen and oxygen atoms in total. The Morgan fingerprint density at radius 2 is 2.21 bits per heavy atom. The minimum Gasteiger partial charge on any atom is -0.481 e. The van der Waals surface area contributed by atoms with E-state index in [1.165, 1.54) is 0 Å². The maximum absolute atomic E-state index is 12.0. The molecule has 0 saturated heterocycles. The number of aryl methyl sites for hydroxylation is 1. The molecular formula is C13H18N2O3S. The monoisotopic (exact) mass is 282 g/mol. The molecule has 2 N–H and O–H groups in total. The molecule has 6 heteroatoms. The molecule has 0 aliphatic heterocycles. The van der Waals surface area contributed by atoms with E-state index >= 15 is 0 Å². The minimum atomic E-state index is -0.785. The number of nitrogens with zero attached hydrogens (tertiary/aromatic N) is 1. The number of hydrogen-bond acceptors (Lipinski definition) is 4. The predicted molar refractivity (Wildman–Crippen MR) is 71.8 cm³/mol. The van der Waals surface area contributed by atoms with Crippen molar-refractivity contribution in [2.45, 2.75) is 39.2 Å². The van der Waals surface area contributed by atoms with Crippen molar-refractivity contribution in [1.29, 1.82) is 0 Å². The number of hydrogen-bond donors (Lipinski definition) is 2.